The maximum absolute atomic E-state index is 10.0. The maximum Gasteiger partial charge on any atom is 0.199 e. The minimum absolute atomic E-state index is 0.0950. The number of aliphatic hydroxyl groups excluding tert-OH is 1. The van der Waals surface area contributed by atoms with Crippen LogP contribution >= 0.6 is 9.24 Å². The number of rotatable bonds is 3. The highest BCUT2D eigenvalue weighted by Gasteiger charge is 2.44. The summed E-state index contributed by atoms with van der Waals surface area (Å²) in [5.74, 6) is 0.458. The molecule has 4 nitrogen and oxygen atoms in total. The highest BCUT2D eigenvalue weighted by Crippen LogP contribution is 2.34. The van der Waals surface area contributed by atoms with Gasteiger partial charge >= 0.3 is 0 Å². The Morgan fingerprint density at radius 1 is 1.30 bits per heavy atom. The molecule has 1 N–H and O–H groups in total. The summed E-state index contributed by atoms with van der Waals surface area (Å²) in [4.78, 5) is 0. The smallest absolute Gasteiger partial charge is 0.199 e. The Hall–Kier alpha value is -0.930. The molecule has 20 heavy (non-hydrogen) atoms. The first-order valence-corrected chi connectivity index (χ1v) is 7.44. The van der Waals surface area contributed by atoms with Gasteiger partial charge in [0.1, 0.15) is 18.0 Å². The molecule has 1 heterocycles. The van der Waals surface area contributed by atoms with Gasteiger partial charge in [0, 0.05) is 0 Å². The summed E-state index contributed by atoms with van der Waals surface area (Å²) in [6.07, 6.45) is 1.15. The van der Waals surface area contributed by atoms with Crippen LogP contribution in [-0.2, 0) is 9.47 Å². The number of para-hydroxylation sites is 1. The predicted molar refractivity (Wildman–Crippen MR) is 78.5 cm³/mol. The SMILES string of the molecule is CC1=C[C@H](O)[C@H]2OC(C(P)Oc3ccccc3)O[C@H]2C1. The molecule has 1 saturated heterocycles. The van der Waals surface area contributed by atoms with Crippen molar-refractivity contribution < 1.29 is 19.3 Å². The highest BCUT2D eigenvalue weighted by molar-refractivity contribution is 7.17. The largest absolute Gasteiger partial charge is 0.481 e. The van der Waals surface area contributed by atoms with Gasteiger partial charge < -0.3 is 19.3 Å². The lowest BCUT2D eigenvalue weighted by Gasteiger charge is -2.25. The number of benzene rings is 1. The molecule has 1 aromatic rings. The van der Waals surface area contributed by atoms with Crippen molar-refractivity contribution >= 4 is 9.24 Å². The quantitative estimate of drug-likeness (QED) is 0.685. The molecule has 0 amide bonds. The van der Waals surface area contributed by atoms with Gasteiger partial charge in [-0.2, -0.15) is 0 Å². The van der Waals surface area contributed by atoms with E-state index in [0.717, 1.165) is 17.7 Å². The molecular formula is C15H19O4P. The van der Waals surface area contributed by atoms with Crippen LogP contribution in [0.15, 0.2) is 42.0 Å². The van der Waals surface area contributed by atoms with Crippen LogP contribution in [0.25, 0.3) is 0 Å². The Labute approximate surface area is 120 Å². The van der Waals surface area contributed by atoms with Crippen LogP contribution in [0.1, 0.15) is 13.3 Å². The standard InChI is InChI=1S/C15H19O4P/c1-9-7-11(16)13-12(8-9)18-14(19-13)15(20)17-10-5-3-2-4-6-10/h2-7,11-16H,8,20H2,1H3/t11-,12-,13+,14?,15?/m0/s1. The fourth-order valence-electron chi connectivity index (χ4n) is 2.63. The van der Waals surface area contributed by atoms with E-state index >= 15 is 0 Å². The van der Waals surface area contributed by atoms with Gasteiger partial charge in [0.15, 0.2) is 12.1 Å². The van der Waals surface area contributed by atoms with E-state index in [2.05, 4.69) is 9.24 Å². The van der Waals surface area contributed by atoms with Gasteiger partial charge in [0.2, 0.25) is 0 Å². The van der Waals surface area contributed by atoms with Crippen LogP contribution in [0.3, 0.4) is 0 Å². The van der Waals surface area contributed by atoms with Crippen LogP contribution in [0.4, 0.5) is 0 Å². The van der Waals surface area contributed by atoms with Crippen LogP contribution in [0.2, 0.25) is 0 Å². The Morgan fingerprint density at radius 2 is 2.05 bits per heavy atom. The molecule has 0 spiro atoms. The summed E-state index contributed by atoms with van der Waals surface area (Å²) in [5.41, 5.74) is 1.13. The number of fused-ring (bicyclic) bond motifs is 1. The molecule has 0 radical (unpaired) electrons. The van der Waals surface area contributed by atoms with Crippen molar-refractivity contribution in [3.05, 3.63) is 42.0 Å². The van der Waals surface area contributed by atoms with E-state index in [1.54, 1.807) is 0 Å². The normalized spacial score (nSPS) is 34.2. The molecule has 1 aromatic carbocycles. The molecule has 3 rings (SSSR count). The van der Waals surface area contributed by atoms with Crippen LogP contribution in [0, 0.1) is 0 Å². The molecule has 2 aliphatic rings. The molecule has 5 heteroatoms. The Morgan fingerprint density at radius 3 is 2.80 bits per heavy atom. The summed E-state index contributed by atoms with van der Waals surface area (Å²) >= 11 is 0. The van der Waals surface area contributed by atoms with Crippen molar-refractivity contribution in [1.29, 1.82) is 0 Å². The van der Waals surface area contributed by atoms with Crippen molar-refractivity contribution in [3.8, 4) is 5.75 Å². The van der Waals surface area contributed by atoms with Gasteiger partial charge in [-0.15, -0.1) is 0 Å². The zero-order valence-corrected chi connectivity index (χ0v) is 12.5. The maximum atomic E-state index is 10.0. The number of hydrogen-bond acceptors (Lipinski definition) is 4. The van der Waals surface area contributed by atoms with Crippen molar-refractivity contribution in [2.75, 3.05) is 0 Å². The molecule has 3 unspecified atom stereocenters. The van der Waals surface area contributed by atoms with Crippen molar-refractivity contribution in [3.63, 3.8) is 0 Å². The second-order valence-electron chi connectivity index (χ2n) is 5.25. The molecule has 0 aromatic heterocycles. The number of ether oxygens (including phenoxy) is 3. The summed E-state index contributed by atoms with van der Waals surface area (Å²) in [5, 5.41) is 10.0. The lowest BCUT2D eigenvalue weighted by molar-refractivity contribution is -0.108. The van der Waals surface area contributed by atoms with E-state index in [-0.39, 0.29) is 18.1 Å². The molecular weight excluding hydrogens is 275 g/mol. The van der Waals surface area contributed by atoms with E-state index < -0.39 is 12.4 Å². The fourth-order valence-corrected chi connectivity index (χ4v) is 2.97. The minimum atomic E-state index is -0.604. The molecule has 0 saturated carbocycles. The number of aliphatic hydroxyl groups is 1. The van der Waals surface area contributed by atoms with Gasteiger partial charge in [0.05, 0.1) is 6.10 Å². The first kappa shape index (κ1) is 14.0. The van der Waals surface area contributed by atoms with E-state index in [9.17, 15) is 5.11 Å². The molecule has 1 aliphatic heterocycles. The van der Waals surface area contributed by atoms with Gasteiger partial charge in [-0.1, -0.05) is 39.1 Å². The monoisotopic (exact) mass is 294 g/mol. The van der Waals surface area contributed by atoms with Gasteiger partial charge in [0.25, 0.3) is 0 Å². The first-order chi connectivity index (χ1) is 9.63. The van der Waals surface area contributed by atoms with Gasteiger partial charge in [-0.3, -0.25) is 0 Å². The minimum Gasteiger partial charge on any atom is -0.481 e. The van der Waals surface area contributed by atoms with Gasteiger partial charge in [-0.05, 0) is 25.5 Å². The average Bonchev–Trinajstić information content (AvgIpc) is 2.84. The van der Waals surface area contributed by atoms with Crippen LogP contribution in [-0.4, -0.2) is 35.6 Å². The lowest BCUT2D eigenvalue weighted by Crippen LogP contribution is -2.37. The highest BCUT2D eigenvalue weighted by atomic mass is 31.0. The predicted octanol–water partition coefficient (Wildman–Crippen LogP) is 2.09. The lowest BCUT2D eigenvalue weighted by atomic mass is 9.93. The second-order valence-corrected chi connectivity index (χ2v) is 5.90. The van der Waals surface area contributed by atoms with Crippen molar-refractivity contribution in [2.45, 2.75) is 43.8 Å². The second kappa shape index (κ2) is 5.82. The van der Waals surface area contributed by atoms with E-state index in [4.69, 9.17) is 14.2 Å². The Kier molecular flexibility index (Phi) is 4.08. The summed E-state index contributed by atoms with van der Waals surface area (Å²) in [6, 6.07) is 9.55. The van der Waals surface area contributed by atoms with E-state index in [1.165, 1.54) is 0 Å². The molecule has 0 bridgehead atoms. The first-order valence-electron chi connectivity index (χ1n) is 6.77. The zero-order valence-electron chi connectivity index (χ0n) is 11.3. The third-order valence-corrected chi connectivity index (χ3v) is 4.02. The third kappa shape index (κ3) is 2.89. The van der Waals surface area contributed by atoms with Gasteiger partial charge in [-0.25, -0.2) is 0 Å². The summed E-state index contributed by atoms with van der Waals surface area (Å²) in [7, 11) is 2.59. The molecule has 6 atom stereocenters. The average molecular weight is 294 g/mol. The molecule has 1 aliphatic carbocycles. The fraction of sp³-hybridized carbons (Fsp3) is 0.467. The van der Waals surface area contributed by atoms with E-state index in [1.807, 2.05) is 43.3 Å². The molecule has 1 fully saturated rings. The number of hydrogen-bond donors (Lipinski definition) is 1. The zero-order chi connectivity index (χ0) is 14.1. The third-order valence-electron chi connectivity index (χ3n) is 3.57. The Bertz CT molecular complexity index is 490. The van der Waals surface area contributed by atoms with Crippen LogP contribution < -0.4 is 4.74 Å². The van der Waals surface area contributed by atoms with Crippen molar-refractivity contribution in [2.24, 2.45) is 0 Å². The summed E-state index contributed by atoms with van der Waals surface area (Å²) < 4.78 is 17.4. The van der Waals surface area contributed by atoms with E-state index in [0.29, 0.717) is 0 Å². The van der Waals surface area contributed by atoms with Crippen molar-refractivity contribution in [1.82, 2.24) is 0 Å². The molecule has 108 valence electrons. The summed E-state index contributed by atoms with van der Waals surface area (Å²) in [6.45, 7) is 1.99. The van der Waals surface area contributed by atoms with Crippen LogP contribution in [0.5, 0.6) is 5.75 Å². The Balaban J connectivity index is 1.63. The topological polar surface area (TPSA) is 47.9 Å².